The van der Waals surface area contributed by atoms with Gasteiger partial charge in [-0.05, 0) is 19.1 Å². The van der Waals surface area contributed by atoms with Gasteiger partial charge in [0.05, 0.1) is 17.6 Å². The Morgan fingerprint density at radius 1 is 1.20 bits per heavy atom. The van der Waals surface area contributed by atoms with Gasteiger partial charge in [0.2, 0.25) is 0 Å². The van der Waals surface area contributed by atoms with E-state index in [1.54, 1.807) is 30.5 Å². The molecule has 0 aliphatic carbocycles. The van der Waals surface area contributed by atoms with Gasteiger partial charge in [-0.3, -0.25) is 4.99 Å². The first-order valence-corrected chi connectivity index (χ1v) is 7.58. The molecule has 0 spiro atoms. The van der Waals surface area contributed by atoms with Gasteiger partial charge in [0.25, 0.3) is 10.0 Å². The zero-order valence-electron chi connectivity index (χ0n) is 11.2. The van der Waals surface area contributed by atoms with Crippen LogP contribution in [0.1, 0.15) is 5.56 Å². The Labute approximate surface area is 117 Å². The second-order valence-corrected chi connectivity index (χ2v) is 6.52. The highest BCUT2D eigenvalue weighted by molar-refractivity contribution is 7.89. The molecule has 3 rings (SSSR count). The SMILES string of the molecule is Cc1ccc(S(=O)(=O)n2cc3c(n2)N(C)CC=N3)cc1. The Kier molecular flexibility index (Phi) is 2.86. The van der Waals surface area contributed by atoms with Crippen LogP contribution in [0.2, 0.25) is 0 Å². The largest absolute Gasteiger partial charge is 0.351 e. The van der Waals surface area contributed by atoms with E-state index in [0.717, 1.165) is 9.65 Å². The fraction of sp³-hybridized carbons (Fsp3) is 0.231. The third-order valence-corrected chi connectivity index (χ3v) is 4.72. The third-order valence-electron chi connectivity index (χ3n) is 3.17. The van der Waals surface area contributed by atoms with Gasteiger partial charge in [0, 0.05) is 13.3 Å². The third kappa shape index (κ3) is 2.00. The number of aliphatic imine (C=N–C) groups is 1. The summed E-state index contributed by atoms with van der Waals surface area (Å²) >= 11 is 0. The van der Waals surface area contributed by atoms with Crippen LogP contribution in [-0.4, -0.2) is 37.4 Å². The minimum absolute atomic E-state index is 0.217. The summed E-state index contributed by atoms with van der Waals surface area (Å²) in [5.41, 5.74) is 1.57. The molecule has 6 nitrogen and oxygen atoms in total. The van der Waals surface area contributed by atoms with E-state index in [1.807, 2.05) is 18.9 Å². The number of anilines is 1. The van der Waals surface area contributed by atoms with E-state index in [1.165, 1.54) is 6.20 Å². The molecular weight excluding hydrogens is 276 g/mol. The Bertz CT molecular complexity index is 775. The molecule has 0 fully saturated rings. The van der Waals surface area contributed by atoms with E-state index in [-0.39, 0.29) is 4.90 Å². The fourth-order valence-corrected chi connectivity index (χ4v) is 3.11. The Hall–Kier alpha value is -2.15. The predicted molar refractivity (Wildman–Crippen MR) is 77.4 cm³/mol. The molecule has 1 aliphatic heterocycles. The lowest BCUT2D eigenvalue weighted by Crippen LogP contribution is -2.23. The Morgan fingerprint density at radius 3 is 2.55 bits per heavy atom. The average Bonchev–Trinajstić information content (AvgIpc) is 2.85. The van der Waals surface area contributed by atoms with Gasteiger partial charge < -0.3 is 4.90 Å². The first-order chi connectivity index (χ1) is 9.48. The number of hydrogen-bond acceptors (Lipinski definition) is 5. The predicted octanol–water partition coefficient (Wildman–Crippen LogP) is 1.58. The van der Waals surface area contributed by atoms with Crippen molar-refractivity contribution in [2.24, 2.45) is 4.99 Å². The molecule has 0 atom stereocenters. The monoisotopic (exact) mass is 290 g/mol. The van der Waals surface area contributed by atoms with Crippen LogP contribution in [0.15, 0.2) is 40.4 Å². The highest BCUT2D eigenvalue weighted by atomic mass is 32.2. The maximum atomic E-state index is 12.5. The number of nitrogens with zero attached hydrogens (tertiary/aromatic N) is 4. The van der Waals surface area contributed by atoms with E-state index in [9.17, 15) is 8.42 Å². The standard InChI is InChI=1S/C13H14N4O2S/c1-10-3-5-11(6-4-10)20(18,19)17-9-12-13(15-17)16(2)8-7-14-12/h3-7,9H,8H2,1-2H3. The topological polar surface area (TPSA) is 67.6 Å². The Morgan fingerprint density at radius 2 is 1.90 bits per heavy atom. The van der Waals surface area contributed by atoms with Gasteiger partial charge in [-0.25, -0.2) is 0 Å². The van der Waals surface area contributed by atoms with E-state index in [4.69, 9.17) is 0 Å². The minimum Gasteiger partial charge on any atom is -0.351 e. The summed E-state index contributed by atoms with van der Waals surface area (Å²) in [5, 5.41) is 4.14. The number of aryl methyl sites for hydroxylation is 1. The zero-order chi connectivity index (χ0) is 14.3. The van der Waals surface area contributed by atoms with Crippen LogP contribution in [0.3, 0.4) is 0 Å². The molecule has 7 heteroatoms. The van der Waals surface area contributed by atoms with Crippen molar-refractivity contribution in [1.29, 1.82) is 0 Å². The van der Waals surface area contributed by atoms with Crippen molar-refractivity contribution >= 4 is 27.7 Å². The first kappa shape index (κ1) is 12.9. The maximum Gasteiger partial charge on any atom is 0.283 e. The molecule has 1 aromatic heterocycles. The minimum atomic E-state index is -3.67. The van der Waals surface area contributed by atoms with Crippen molar-refractivity contribution in [2.75, 3.05) is 18.5 Å². The van der Waals surface area contributed by atoms with Crippen molar-refractivity contribution < 1.29 is 8.42 Å². The molecule has 2 aromatic rings. The number of benzene rings is 1. The van der Waals surface area contributed by atoms with Crippen LogP contribution < -0.4 is 4.90 Å². The van der Waals surface area contributed by atoms with Crippen molar-refractivity contribution in [1.82, 2.24) is 9.19 Å². The molecule has 0 saturated carbocycles. The van der Waals surface area contributed by atoms with Crippen LogP contribution in [0.25, 0.3) is 0 Å². The maximum absolute atomic E-state index is 12.5. The van der Waals surface area contributed by atoms with Crippen molar-refractivity contribution in [3.63, 3.8) is 0 Å². The van der Waals surface area contributed by atoms with Crippen molar-refractivity contribution in [2.45, 2.75) is 11.8 Å². The summed E-state index contributed by atoms with van der Waals surface area (Å²) in [4.78, 5) is 6.24. The van der Waals surface area contributed by atoms with Gasteiger partial charge in [-0.1, -0.05) is 17.7 Å². The van der Waals surface area contributed by atoms with E-state index in [0.29, 0.717) is 18.1 Å². The molecule has 2 heterocycles. The lowest BCUT2D eigenvalue weighted by molar-refractivity contribution is 0.580. The van der Waals surface area contributed by atoms with Gasteiger partial charge >= 0.3 is 0 Å². The molecule has 0 N–H and O–H groups in total. The molecular formula is C13H14N4O2S. The molecule has 104 valence electrons. The Balaban J connectivity index is 2.09. The van der Waals surface area contributed by atoms with Crippen LogP contribution in [-0.2, 0) is 10.0 Å². The fourth-order valence-electron chi connectivity index (χ4n) is 1.99. The average molecular weight is 290 g/mol. The summed E-state index contributed by atoms with van der Waals surface area (Å²) < 4.78 is 26.0. The normalized spacial score (nSPS) is 14.4. The lowest BCUT2D eigenvalue weighted by Gasteiger charge is -2.16. The number of aromatic nitrogens is 2. The summed E-state index contributed by atoms with van der Waals surface area (Å²) in [7, 11) is -1.82. The second kappa shape index (κ2) is 4.45. The van der Waals surface area contributed by atoms with E-state index >= 15 is 0 Å². The first-order valence-electron chi connectivity index (χ1n) is 6.14. The molecule has 0 radical (unpaired) electrons. The van der Waals surface area contributed by atoms with Crippen LogP contribution in [0.5, 0.6) is 0 Å². The lowest BCUT2D eigenvalue weighted by atomic mass is 10.2. The molecule has 0 amide bonds. The summed E-state index contributed by atoms with van der Waals surface area (Å²) in [6, 6.07) is 6.69. The van der Waals surface area contributed by atoms with Gasteiger partial charge in [-0.15, -0.1) is 5.10 Å². The number of rotatable bonds is 2. The molecule has 0 bridgehead atoms. The summed E-state index contributed by atoms with van der Waals surface area (Å²) in [6.07, 6.45) is 3.17. The van der Waals surface area contributed by atoms with Gasteiger partial charge in [0.15, 0.2) is 5.82 Å². The zero-order valence-corrected chi connectivity index (χ0v) is 12.0. The highest BCUT2D eigenvalue weighted by Crippen LogP contribution is 2.29. The highest BCUT2D eigenvalue weighted by Gasteiger charge is 2.23. The molecule has 0 saturated heterocycles. The van der Waals surface area contributed by atoms with E-state index in [2.05, 4.69) is 10.1 Å². The van der Waals surface area contributed by atoms with Crippen molar-refractivity contribution in [3.05, 3.63) is 36.0 Å². The second-order valence-electron chi connectivity index (χ2n) is 4.72. The van der Waals surface area contributed by atoms with Crippen LogP contribution in [0.4, 0.5) is 11.5 Å². The van der Waals surface area contributed by atoms with Gasteiger partial charge in [-0.2, -0.15) is 12.5 Å². The molecule has 0 unspecified atom stereocenters. The van der Waals surface area contributed by atoms with E-state index < -0.39 is 10.0 Å². The van der Waals surface area contributed by atoms with Crippen molar-refractivity contribution in [3.8, 4) is 0 Å². The summed E-state index contributed by atoms with van der Waals surface area (Å²) in [6.45, 7) is 2.53. The van der Waals surface area contributed by atoms with Gasteiger partial charge in [0.1, 0.15) is 5.69 Å². The molecule has 1 aliphatic rings. The summed E-state index contributed by atoms with van der Waals surface area (Å²) in [5.74, 6) is 0.572. The quantitative estimate of drug-likeness (QED) is 0.842. The van der Waals surface area contributed by atoms with Crippen LogP contribution in [0, 0.1) is 6.92 Å². The molecule has 20 heavy (non-hydrogen) atoms. The molecule has 1 aromatic carbocycles. The van der Waals surface area contributed by atoms with Crippen LogP contribution >= 0.6 is 0 Å². The number of hydrogen-bond donors (Lipinski definition) is 0. The number of fused-ring (bicyclic) bond motifs is 1. The smallest absolute Gasteiger partial charge is 0.283 e.